The van der Waals surface area contributed by atoms with Gasteiger partial charge in [0.25, 0.3) is 0 Å². The minimum absolute atomic E-state index is 0.00966. The van der Waals surface area contributed by atoms with Crippen LogP contribution in [0.3, 0.4) is 0 Å². The summed E-state index contributed by atoms with van der Waals surface area (Å²) in [6.45, 7) is 12.3. The molecule has 3 aliphatic rings. The Morgan fingerprint density at radius 2 is 1.75 bits per heavy atom. The Labute approximate surface area is 234 Å². The molecule has 0 heterocycles. The van der Waals surface area contributed by atoms with Crippen molar-refractivity contribution < 1.29 is 39.6 Å². The first-order valence-corrected chi connectivity index (χ1v) is 13.9. The second-order valence-electron chi connectivity index (χ2n) is 13.4. The van der Waals surface area contributed by atoms with Gasteiger partial charge in [-0.25, -0.2) is 0 Å². The Morgan fingerprint density at radius 3 is 2.25 bits per heavy atom. The molecular weight excluding hydrogens is 516 g/mol. The normalized spacial score (nSPS) is 37.1. The number of phenols is 1. The SMILES string of the molecule is CC(=O)NCc1cc(C(C)C)c2c(c1O)C(=O)[C@@H]1C(O)[C@@]3(O)C(=O)[C@H](C(N)=O)C(O)[C@H](C(C)C)[C@@]3(C)C[C@@]1(C)C2. The highest BCUT2D eigenvalue weighted by molar-refractivity contribution is 6.09. The molecule has 0 saturated heterocycles. The molecular formula is C30H42N2O8. The molecule has 0 radical (unpaired) electrons. The van der Waals surface area contributed by atoms with Gasteiger partial charge in [-0.1, -0.05) is 41.5 Å². The van der Waals surface area contributed by atoms with Crippen molar-refractivity contribution in [2.45, 2.75) is 91.6 Å². The van der Waals surface area contributed by atoms with Crippen LogP contribution in [-0.2, 0) is 27.3 Å². The summed E-state index contributed by atoms with van der Waals surface area (Å²) < 4.78 is 0. The lowest BCUT2D eigenvalue weighted by Gasteiger charge is -2.66. The molecule has 0 aliphatic heterocycles. The number of primary amides is 1. The van der Waals surface area contributed by atoms with Crippen molar-refractivity contribution in [1.82, 2.24) is 5.32 Å². The van der Waals surface area contributed by atoms with Gasteiger partial charge < -0.3 is 31.5 Å². The summed E-state index contributed by atoms with van der Waals surface area (Å²) in [5.41, 5.74) is 2.39. The van der Waals surface area contributed by atoms with Crippen LogP contribution in [0.4, 0.5) is 0 Å². The number of hydrogen-bond donors (Lipinski definition) is 6. The summed E-state index contributed by atoms with van der Waals surface area (Å²) in [4.78, 5) is 52.0. The van der Waals surface area contributed by atoms with Crippen LogP contribution in [0.25, 0.3) is 0 Å². The first-order chi connectivity index (χ1) is 18.3. The van der Waals surface area contributed by atoms with Crippen LogP contribution in [0, 0.1) is 34.5 Å². The summed E-state index contributed by atoms with van der Waals surface area (Å²) in [7, 11) is 0. The largest absolute Gasteiger partial charge is 0.507 e. The average Bonchev–Trinajstić information content (AvgIpc) is 2.80. The van der Waals surface area contributed by atoms with E-state index in [1.165, 1.54) is 6.92 Å². The van der Waals surface area contributed by atoms with Crippen molar-refractivity contribution >= 4 is 23.4 Å². The molecule has 220 valence electrons. The fourth-order valence-electron chi connectivity index (χ4n) is 8.56. The van der Waals surface area contributed by atoms with Gasteiger partial charge >= 0.3 is 0 Å². The molecule has 2 fully saturated rings. The topological polar surface area (TPSA) is 187 Å². The van der Waals surface area contributed by atoms with E-state index in [4.69, 9.17) is 5.73 Å². The number of Topliss-reactive ketones (excluding diaryl/α,β-unsaturated/α-hetero) is 2. The highest BCUT2D eigenvalue weighted by Gasteiger charge is 2.75. The summed E-state index contributed by atoms with van der Waals surface area (Å²) in [5.74, 6) is -7.64. The number of carbonyl (C=O) groups excluding carboxylic acids is 4. The van der Waals surface area contributed by atoms with E-state index < -0.39 is 63.9 Å². The fourth-order valence-corrected chi connectivity index (χ4v) is 8.56. The van der Waals surface area contributed by atoms with Gasteiger partial charge in [-0.05, 0) is 53.2 Å². The van der Waals surface area contributed by atoms with E-state index >= 15 is 0 Å². The molecule has 1 aromatic carbocycles. The smallest absolute Gasteiger partial charge is 0.230 e. The highest BCUT2D eigenvalue weighted by atomic mass is 16.4. The van der Waals surface area contributed by atoms with Crippen molar-refractivity contribution in [3.63, 3.8) is 0 Å². The summed E-state index contributed by atoms with van der Waals surface area (Å²) >= 11 is 0. The number of aromatic hydroxyl groups is 1. The fraction of sp³-hybridized carbons (Fsp3) is 0.667. The molecule has 1 aromatic rings. The van der Waals surface area contributed by atoms with Crippen molar-refractivity contribution in [3.8, 4) is 5.75 Å². The Hall–Kier alpha value is -2.82. The third kappa shape index (κ3) is 3.94. The maximum absolute atomic E-state index is 14.3. The zero-order chi connectivity index (χ0) is 30.3. The molecule has 2 unspecified atom stereocenters. The lowest BCUT2D eigenvalue weighted by molar-refractivity contribution is -0.265. The molecule has 0 aromatic heterocycles. The zero-order valence-electron chi connectivity index (χ0n) is 24.2. The van der Waals surface area contributed by atoms with Crippen LogP contribution in [0.2, 0.25) is 0 Å². The van der Waals surface area contributed by atoms with Crippen molar-refractivity contribution in [1.29, 1.82) is 0 Å². The minimum atomic E-state index is -2.55. The van der Waals surface area contributed by atoms with E-state index in [2.05, 4.69) is 5.32 Å². The number of rotatable bonds is 5. The number of hydrogen-bond acceptors (Lipinski definition) is 8. The molecule has 0 bridgehead atoms. The average molecular weight is 559 g/mol. The molecule has 8 atom stereocenters. The number of aliphatic hydroxyl groups excluding tert-OH is 2. The monoisotopic (exact) mass is 558 g/mol. The van der Waals surface area contributed by atoms with E-state index in [0.717, 1.165) is 5.56 Å². The third-order valence-electron chi connectivity index (χ3n) is 10.0. The van der Waals surface area contributed by atoms with Crippen molar-refractivity contribution in [2.24, 2.45) is 40.2 Å². The number of fused-ring (bicyclic) bond motifs is 3. The number of amides is 2. The van der Waals surface area contributed by atoms with Gasteiger partial charge in [-0.2, -0.15) is 0 Å². The highest BCUT2D eigenvalue weighted by Crippen LogP contribution is 2.66. The number of aliphatic hydroxyl groups is 3. The Balaban J connectivity index is 1.96. The summed E-state index contributed by atoms with van der Waals surface area (Å²) in [6.07, 6.45) is -3.05. The van der Waals surface area contributed by atoms with Gasteiger partial charge in [-0.15, -0.1) is 0 Å². The number of benzene rings is 1. The van der Waals surface area contributed by atoms with Gasteiger partial charge in [-0.3, -0.25) is 19.2 Å². The molecule has 10 heteroatoms. The third-order valence-corrected chi connectivity index (χ3v) is 10.0. The standard InChI is InChI=1S/C30H42N2O8/c1-12(2)16-8-15(10-32-14(5)33)22(34)18-17(16)9-28(6)11-29(7)20(13(3)4)24(36)19(27(31)39)25(37)30(29,40)26(38)21(28)23(18)35/h8,12-13,19-21,24,26,34,36,38,40H,9-11H2,1-7H3,(H2,31,39)(H,32,33)/t19-,20+,21-,24?,26?,28-,29-,30+/m1/s1. The lowest BCUT2D eigenvalue weighted by Crippen LogP contribution is -2.79. The van der Waals surface area contributed by atoms with Gasteiger partial charge in [0.05, 0.1) is 17.6 Å². The maximum atomic E-state index is 14.3. The molecule has 4 rings (SSSR count). The molecule has 40 heavy (non-hydrogen) atoms. The number of nitrogens with two attached hydrogens (primary N) is 1. The van der Waals surface area contributed by atoms with E-state index in [1.807, 2.05) is 20.8 Å². The Bertz CT molecular complexity index is 1290. The van der Waals surface area contributed by atoms with Crippen LogP contribution in [0.5, 0.6) is 5.75 Å². The second kappa shape index (κ2) is 9.63. The second-order valence-corrected chi connectivity index (χ2v) is 13.4. The van der Waals surface area contributed by atoms with Gasteiger partial charge in [0, 0.05) is 24.4 Å². The van der Waals surface area contributed by atoms with E-state index in [-0.39, 0.29) is 48.4 Å². The predicted octanol–water partition coefficient (Wildman–Crippen LogP) is 1.33. The Kier molecular flexibility index (Phi) is 7.26. The first-order valence-electron chi connectivity index (χ1n) is 13.9. The van der Waals surface area contributed by atoms with Crippen molar-refractivity contribution in [2.75, 3.05) is 0 Å². The van der Waals surface area contributed by atoms with Crippen molar-refractivity contribution in [3.05, 3.63) is 28.3 Å². The molecule has 3 aliphatic carbocycles. The van der Waals surface area contributed by atoms with Crippen LogP contribution in [-0.4, -0.2) is 61.6 Å². The quantitative estimate of drug-likeness (QED) is 0.292. The molecule has 2 amide bonds. The van der Waals surface area contributed by atoms with E-state index in [0.29, 0.717) is 11.1 Å². The summed E-state index contributed by atoms with van der Waals surface area (Å²) in [6, 6.07) is 1.78. The van der Waals surface area contributed by atoms with Crippen LogP contribution >= 0.6 is 0 Å². The first kappa shape index (κ1) is 30.1. The van der Waals surface area contributed by atoms with Gasteiger partial charge in [0.1, 0.15) is 17.8 Å². The number of phenolic OH excluding ortho intramolecular Hbond substituents is 1. The number of nitrogens with one attached hydrogen (secondary N) is 1. The van der Waals surface area contributed by atoms with Gasteiger partial charge in [0.2, 0.25) is 11.8 Å². The molecule has 0 spiro atoms. The minimum Gasteiger partial charge on any atom is -0.507 e. The van der Waals surface area contributed by atoms with Gasteiger partial charge in [0.15, 0.2) is 17.2 Å². The van der Waals surface area contributed by atoms with Crippen LogP contribution in [0.1, 0.15) is 87.9 Å². The van der Waals surface area contributed by atoms with Crippen LogP contribution < -0.4 is 11.1 Å². The molecule has 2 saturated carbocycles. The number of carbonyl (C=O) groups is 4. The van der Waals surface area contributed by atoms with E-state index in [9.17, 15) is 39.6 Å². The molecule has 10 nitrogen and oxygen atoms in total. The maximum Gasteiger partial charge on any atom is 0.230 e. The number of ketones is 2. The molecule has 7 N–H and O–H groups in total. The van der Waals surface area contributed by atoms with E-state index in [1.54, 1.807) is 26.8 Å². The zero-order valence-corrected chi connectivity index (χ0v) is 24.2. The van der Waals surface area contributed by atoms with Crippen LogP contribution in [0.15, 0.2) is 6.07 Å². The lowest BCUT2D eigenvalue weighted by atomic mass is 9.39. The predicted molar refractivity (Wildman–Crippen MR) is 145 cm³/mol. The summed E-state index contributed by atoms with van der Waals surface area (Å²) in [5, 5.41) is 49.3. The Morgan fingerprint density at radius 1 is 1.15 bits per heavy atom.